The Balaban J connectivity index is 4.30. The molecule has 0 aromatic heterocycles. The first-order chi connectivity index (χ1) is 7.17. The maximum Gasteiger partial charge on any atom is 0.321 e. The molecule has 0 amide bonds. The SMILES string of the molecule is COCCC(C(=O)O)N(CCO)CCO. The van der Waals surface area contributed by atoms with E-state index in [4.69, 9.17) is 20.1 Å². The van der Waals surface area contributed by atoms with E-state index in [1.807, 2.05) is 0 Å². The predicted molar refractivity (Wildman–Crippen MR) is 53.7 cm³/mol. The predicted octanol–water partition coefficient (Wildman–Crippen LogP) is -1.24. The molecule has 0 radical (unpaired) electrons. The number of aliphatic hydroxyl groups excluding tert-OH is 2. The highest BCUT2D eigenvalue weighted by Crippen LogP contribution is 2.04. The van der Waals surface area contributed by atoms with Crippen LogP contribution >= 0.6 is 0 Å². The second-order valence-corrected chi connectivity index (χ2v) is 3.12. The third-order valence-corrected chi connectivity index (χ3v) is 2.10. The van der Waals surface area contributed by atoms with Crippen LogP contribution in [0.1, 0.15) is 6.42 Å². The highest BCUT2D eigenvalue weighted by atomic mass is 16.5. The van der Waals surface area contributed by atoms with E-state index >= 15 is 0 Å². The van der Waals surface area contributed by atoms with Crippen LogP contribution in [0, 0.1) is 0 Å². The molecule has 0 heterocycles. The van der Waals surface area contributed by atoms with Crippen molar-refractivity contribution in [3.8, 4) is 0 Å². The first kappa shape index (κ1) is 14.3. The Hall–Kier alpha value is -0.690. The third-order valence-electron chi connectivity index (χ3n) is 2.10. The first-order valence-corrected chi connectivity index (χ1v) is 4.84. The number of hydrogen-bond donors (Lipinski definition) is 3. The van der Waals surface area contributed by atoms with E-state index in [2.05, 4.69) is 0 Å². The number of rotatable bonds is 9. The lowest BCUT2D eigenvalue weighted by atomic mass is 10.2. The average molecular weight is 221 g/mol. The smallest absolute Gasteiger partial charge is 0.321 e. The standard InChI is InChI=1S/C9H19NO5/c1-15-7-2-8(9(13)14)10(3-5-11)4-6-12/h8,11-12H,2-7H2,1H3,(H,13,14). The van der Waals surface area contributed by atoms with E-state index < -0.39 is 12.0 Å². The molecule has 0 saturated heterocycles. The van der Waals surface area contributed by atoms with Crippen molar-refractivity contribution in [3.63, 3.8) is 0 Å². The summed E-state index contributed by atoms with van der Waals surface area (Å²) in [5, 5.41) is 26.5. The van der Waals surface area contributed by atoms with Gasteiger partial charge >= 0.3 is 5.97 Å². The number of ether oxygens (including phenoxy) is 1. The second kappa shape index (κ2) is 8.60. The van der Waals surface area contributed by atoms with E-state index in [-0.39, 0.29) is 26.3 Å². The van der Waals surface area contributed by atoms with E-state index in [1.165, 1.54) is 12.0 Å². The zero-order valence-electron chi connectivity index (χ0n) is 8.93. The number of carbonyl (C=O) groups is 1. The molecule has 0 aromatic carbocycles. The van der Waals surface area contributed by atoms with Gasteiger partial charge in [-0.25, -0.2) is 0 Å². The molecule has 1 atom stereocenters. The van der Waals surface area contributed by atoms with Gasteiger partial charge in [0.05, 0.1) is 13.2 Å². The fourth-order valence-corrected chi connectivity index (χ4v) is 1.37. The van der Waals surface area contributed by atoms with Crippen molar-refractivity contribution < 1.29 is 24.9 Å². The number of hydrogen-bond acceptors (Lipinski definition) is 5. The van der Waals surface area contributed by atoms with Crippen molar-refractivity contribution in [2.24, 2.45) is 0 Å². The Bertz CT molecular complexity index is 170. The van der Waals surface area contributed by atoms with Gasteiger partial charge in [0, 0.05) is 26.8 Å². The molecule has 0 aliphatic carbocycles. The van der Waals surface area contributed by atoms with Gasteiger partial charge < -0.3 is 20.1 Å². The molecule has 6 heteroatoms. The van der Waals surface area contributed by atoms with Crippen LogP contribution in [0.15, 0.2) is 0 Å². The van der Waals surface area contributed by atoms with E-state index in [0.717, 1.165) is 0 Å². The number of carboxylic acid groups (broad SMARTS) is 1. The van der Waals surface area contributed by atoms with Crippen molar-refractivity contribution in [3.05, 3.63) is 0 Å². The Morgan fingerprint density at radius 3 is 2.20 bits per heavy atom. The Morgan fingerprint density at radius 2 is 1.87 bits per heavy atom. The normalized spacial score (nSPS) is 13.1. The molecule has 6 nitrogen and oxygen atoms in total. The molecule has 0 spiro atoms. The van der Waals surface area contributed by atoms with Crippen LogP contribution in [0.3, 0.4) is 0 Å². The zero-order chi connectivity index (χ0) is 11.7. The van der Waals surface area contributed by atoms with Gasteiger partial charge in [0.2, 0.25) is 0 Å². The molecule has 3 N–H and O–H groups in total. The fraction of sp³-hybridized carbons (Fsp3) is 0.889. The largest absolute Gasteiger partial charge is 0.480 e. The van der Waals surface area contributed by atoms with Gasteiger partial charge in [0.15, 0.2) is 0 Å². The van der Waals surface area contributed by atoms with Crippen molar-refractivity contribution in [1.29, 1.82) is 0 Å². The molecule has 0 saturated carbocycles. The fourth-order valence-electron chi connectivity index (χ4n) is 1.37. The van der Waals surface area contributed by atoms with Crippen molar-refractivity contribution >= 4 is 5.97 Å². The van der Waals surface area contributed by atoms with Crippen molar-refractivity contribution in [2.75, 3.05) is 40.0 Å². The van der Waals surface area contributed by atoms with E-state index in [9.17, 15) is 4.79 Å². The van der Waals surface area contributed by atoms with Crippen LogP contribution in [0.25, 0.3) is 0 Å². The molecule has 0 aromatic rings. The van der Waals surface area contributed by atoms with Gasteiger partial charge in [0.25, 0.3) is 0 Å². The quantitative estimate of drug-likeness (QED) is 0.451. The van der Waals surface area contributed by atoms with Crippen LogP contribution in [-0.2, 0) is 9.53 Å². The highest BCUT2D eigenvalue weighted by Gasteiger charge is 2.24. The molecule has 0 bridgehead atoms. The topological polar surface area (TPSA) is 90.2 Å². The second-order valence-electron chi connectivity index (χ2n) is 3.12. The van der Waals surface area contributed by atoms with E-state index in [0.29, 0.717) is 13.0 Å². The van der Waals surface area contributed by atoms with Gasteiger partial charge in [-0.15, -0.1) is 0 Å². The molecule has 1 unspecified atom stereocenters. The number of aliphatic carboxylic acids is 1. The van der Waals surface area contributed by atoms with Crippen LogP contribution < -0.4 is 0 Å². The van der Waals surface area contributed by atoms with Gasteiger partial charge in [-0.1, -0.05) is 0 Å². The highest BCUT2D eigenvalue weighted by molar-refractivity contribution is 5.73. The Morgan fingerprint density at radius 1 is 1.33 bits per heavy atom. The molecule has 90 valence electrons. The molecular weight excluding hydrogens is 202 g/mol. The molecule has 0 aliphatic rings. The van der Waals surface area contributed by atoms with Gasteiger partial charge in [0.1, 0.15) is 6.04 Å². The molecule has 0 rings (SSSR count). The van der Waals surface area contributed by atoms with Crippen molar-refractivity contribution in [2.45, 2.75) is 12.5 Å². The van der Waals surface area contributed by atoms with Gasteiger partial charge in [-0.3, -0.25) is 9.69 Å². The summed E-state index contributed by atoms with van der Waals surface area (Å²) in [5.74, 6) is -0.964. The minimum atomic E-state index is -0.964. The number of methoxy groups -OCH3 is 1. The summed E-state index contributed by atoms with van der Waals surface area (Å²) in [6.07, 6.45) is 0.339. The third kappa shape index (κ3) is 5.68. The van der Waals surface area contributed by atoms with Crippen LogP contribution in [0.4, 0.5) is 0 Å². The number of carboxylic acids is 1. The lowest BCUT2D eigenvalue weighted by Gasteiger charge is -2.27. The minimum absolute atomic E-state index is 0.128. The summed E-state index contributed by atoms with van der Waals surface area (Å²) in [6, 6.07) is -0.718. The maximum absolute atomic E-state index is 10.9. The lowest BCUT2D eigenvalue weighted by molar-refractivity contribution is -0.144. The summed E-state index contributed by atoms with van der Waals surface area (Å²) in [5.41, 5.74) is 0. The van der Waals surface area contributed by atoms with Crippen molar-refractivity contribution in [1.82, 2.24) is 4.90 Å². The molecule has 15 heavy (non-hydrogen) atoms. The van der Waals surface area contributed by atoms with Gasteiger partial charge in [-0.2, -0.15) is 0 Å². The first-order valence-electron chi connectivity index (χ1n) is 4.84. The van der Waals surface area contributed by atoms with Gasteiger partial charge in [-0.05, 0) is 6.42 Å². The summed E-state index contributed by atoms with van der Waals surface area (Å²) in [7, 11) is 1.50. The summed E-state index contributed by atoms with van der Waals surface area (Å²) in [4.78, 5) is 12.5. The average Bonchev–Trinajstić information content (AvgIpc) is 2.18. The summed E-state index contributed by atoms with van der Waals surface area (Å²) >= 11 is 0. The molecule has 0 fully saturated rings. The summed E-state index contributed by atoms with van der Waals surface area (Å²) in [6.45, 7) is 0.556. The Labute approximate surface area is 89.1 Å². The summed E-state index contributed by atoms with van der Waals surface area (Å²) < 4.78 is 4.81. The maximum atomic E-state index is 10.9. The zero-order valence-corrected chi connectivity index (χ0v) is 8.93. The van der Waals surface area contributed by atoms with E-state index in [1.54, 1.807) is 0 Å². The Kier molecular flexibility index (Phi) is 8.21. The van der Waals surface area contributed by atoms with Crippen LogP contribution in [-0.4, -0.2) is 72.3 Å². The van der Waals surface area contributed by atoms with Crippen LogP contribution in [0.5, 0.6) is 0 Å². The number of aliphatic hydroxyl groups is 2. The minimum Gasteiger partial charge on any atom is -0.480 e. The molecular formula is C9H19NO5. The molecule has 0 aliphatic heterocycles. The lowest BCUT2D eigenvalue weighted by Crippen LogP contribution is -2.44. The number of nitrogens with zero attached hydrogens (tertiary/aromatic N) is 1. The monoisotopic (exact) mass is 221 g/mol. The van der Waals surface area contributed by atoms with Crippen LogP contribution in [0.2, 0.25) is 0 Å².